The van der Waals surface area contributed by atoms with Crippen molar-refractivity contribution < 1.29 is 19.1 Å². The Balaban J connectivity index is 2.34. The molecule has 20 heavy (non-hydrogen) atoms. The first kappa shape index (κ1) is 15.9. The van der Waals surface area contributed by atoms with E-state index in [1.807, 2.05) is 30.3 Å². The molecule has 5 heteroatoms. The van der Waals surface area contributed by atoms with E-state index in [2.05, 4.69) is 16.6 Å². The Kier molecular flexibility index (Phi) is 7.06. The van der Waals surface area contributed by atoms with Crippen molar-refractivity contribution in [1.29, 1.82) is 0 Å². The van der Waals surface area contributed by atoms with Crippen molar-refractivity contribution in [3.05, 3.63) is 48.6 Å². The molecule has 1 rings (SSSR count). The zero-order valence-corrected chi connectivity index (χ0v) is 11.5. The van der Waals surface area contributed by atoms with Crippen LogP contribution in [0.1, 0.15) is 12.0 Å². The van der Waals surface area contributed by atoms with Gasteiger partial charge in [-0.05, 0) is 12.0 Å². The Morgan fingerprint density at radius 2 is 2.05 bits per heavy atom. The highest BCUT2D eigenvalue weighted by atomic mass is 16.5. The number of rotatable bonds is 8. The van der Waals surface area contributed by atoms with Gasteiger partial charge in [-0.2, -0.15) is 0 Å². The second-order valence-electron chi connectivity index (χ2n) is 4.15. The topological polar surface area (TPSA) is 64.6 Å². The monoisotopic (exact) mass is 277 g/mol. The lowest BCUT2D eigenvalue weighted by Gasteiger charge is -2.14. The molecule has 0 spiro atoms. The van der Waals surface area contributed by atoms with Crippen LogP contribution in [0.5, 0.6) is 0 Å². The largest absolute Gasteiger partial charge is 0.467 e. The highest BCUT2D eigenvalue weighted by Gasteiger charge is 2.19. The fourth-order valence-electron chi connectivity index (χ4n) is 1.59. The van der Waals surface area contributed by atoms with Crippen molar-refractivity contribution in [2.24, 2.45) is 0 Å². The number of esters is 1. The van der Waals surface area contributed by atoms with E-state index < -0.39 is 12.0 Å². The highest BCUT2D eigenvalue weighted by molar-refractivity contribution is 5.85. The second kappa shape index (κ2) is 8.87. The third-order valence-electron chi connectivity index (χ3n) is 2.57. The van der Waals surface area contributed by atoms with Crippen LogP contribution in [0.3, 0.4) is 0 Å². The molecule has 1 N–H and O–H groups in total. The molecule has 1 aromatic carbocycles. The first-order valence-corrected chi connectivity index (χ1v) is 6.27. The van der Waals surface area contributed by atoms with Gasteiger partial charge in [-0.1, -0.05) is 36.4 Å². The lowest BCUT2D eigenvalue weighted by molar-refractivity contribution is -0.145. The third-order valence-corrected chi connectivity index (χ3v) is 2.57. The number of benzene rings is 1. The summed E-state index contributed by atoms with van der Waals surface area (Å²) in [6, 6.07) is 8.81. The van der Waals surface area contributed by atoms with Crippen LogP contribution in [0, 0.1) is 0 Å². The zero-order chi connectivity index (χ0) is 14.8. The lowest BCUT2D eigenvalue weighted by atomic mass is 10.2. The van der Waals surface area contributed by atoms with E-state index in [1.54, 1.807) is 6.08 Å². The summed E-state index contributed by atoms with van der Waals surface area (Å²) >= 11 is 0. The number of carbonyl (C=O) groups excluding carboxylic acids is 2. The first-order chi connectivity index (χ1) is 9.67. The third kappa shape index (κ3) is 5.67. The number of hydrogen-bond donors (Lipinski definition) is 1. The summed E-state index contributed by atoms with van der Waals surface area (Å²) in [6.07, 6.45) is 1.86. The zero-order valence-electron chi connectivity index (χ0n) is 11.5. The first-order valence-electron chi connectivity index (χ1n) is 6.27. The summed E-state index contributed by atoms with van der Waals surface area (Å²) in [7, 11) is 1.27. The van der Waals surface area contributed by atoms with Gasteiger partial charge < -0.3 is 14.8 Å². The van der Waals surface area contributed by atoms with Crippen molar-refractivity contribution >= 4 is 11.9 Å². The molecule has 0 saturated heterocycles. The number of amides is 1. The van der Waals surface area contributed by atoms with Gasteiger partial charge in [0.25, 0.3) is 0 Å². The van der Waals surface area contributed by atoms with Crippen LogP contribution in [0.15, 0.2) is 43.0 Å². The molecule has 0 radical (unpaired) electrons. The van der Waals surface area contributed by atoms with Crippen LogP contribution in [0.2, 0.25) is 0 Å². The number of nitrogens with one attached hydrogen (secondary N) is 1. The minimum atomic E-state index is -0.717. The van der Waals surface area contributed by atoms with Gasteiger partial charge in [0.15, 0.2) is 0 Å². The van der Waals surface area contributed by atoms with Crippen LogP contribution in [-0.4, -0.2) is 31.6 Å². The van der Waals surface area contributed by atoms with Gasteiger partial charge in [-0.25, -0.2) is 4.79 Å². The van der Waals surface area contributed by atoms with Crippen molar-refractivity contribution in [2.45, 2.75) is 19.1 Å². The van der Waals surface area contributed by atoms with E-state index >= 15 is 0 Å². The number of methoxy groups -OCH3 is 1. The maximum absolute atomic E-state index is 11.7. The average Bonchev–Trinajstić information content (AvgIpc) is 2.47. The van der Waals surface area contributed by atoms with Gasteiger partial charge in [-0.3, -0.25) is 4.79 Å². The van der Waals surface area contributed by atoms with Crippen LogP contribution in [0.4, 0.5) is 0 Å². The van der Waals surface area contributed by atoms with Crippen molar-refractivity contribution in [2.75, 3.05) is 13.7 Å². The van der Waals surface area contributed by atoms with E-state index in [0.29, 0.717) is 13.0 Å². The van der Waals surface area contributed by atoms with Crippen molar-refractivity contribution in [3.63, 3.8) is 0 Å². The smallest absolute Gasteiger partial charge is 0.328 e. The van der Waals surface area contributed by atoms with Crippen molar-refractivity contribution in [1.82, 2.24) is 5.32 Å². The van der Waals surface area contributed by atoms with Crippen molar-refractivity contribution in [3.8, 4) is 0 Å². The second-order valence-corrected chi connectivity index (χ2v) is 4.15. The maximum Gasteiger partial charge on any atom is 0.328 e. The molecule has 0 saturated carbocycles. The Labute approximate surface area is 118 Å². The molecule has 0 fully saturated rings. The normalized spacial score (nSPS) is 11.4. The molecule has 108 valence electrons. The molecular formula is C15H19NO4. The van der Waals surface area contributed by atoms with E-state index in [4.69, 9.17) is 4.74 Å². The quantitative estimate of drug-likeness (QED) is 0.577. The summed E-state index contributed by atoms with van der Waals surface area (Å²) in [5.41, 5.74) is 0.982. The van der Waals surface area contributed by atoms with Gasteiger partial charge >= 0.3 is 5.97 Å². The molecule has 1 amide bonds. The summed E-state index contributed by atoms with van der Waals surface area (Å²) in [6.45, 7) is 3.77. The van der Waals surface area contributed by atoms with Gasteiger partial charge in [0.2, 0.25) is 5.91 Å². The van der Waals surface area contributed by atoms with Gasteiger partial charge in [0.05, 0.1) is 13.7 Å². The fraction of sp³-hybridized carbons (Fsp3) is 0.333. The summed E-state index contributed by atoms with van der Waals surface area (Å²) in [4.78, 5) is 23.1. The van der Waals surface area contributed by atoms with E-state index in [-0.39, 0.29) is 12.5 Å². The minimum absolute atomic E-state index is 0.112. The fourth-order valence-corrected chi connectivity index (χ4v) is 1.59. The van der Waals surface area contributed by atoms with Gasteiger partial charge in [-0.15, -0.1) is 6.58 Å². The highest BCUT2D eigenvalue weighted by Crippen LogP contribution is 2.00. The molecular weight excluding hydrogens is 258 g/mol. The van der Waals surface area contributed by atoms with Gasteiger partial charge in [0.1, 0.15) is 12.6 Å². The Morgan fingerprint density at radius 1 is 1.35 bits per heavy atom. The molecule has 0 aromatic heterocycles. The average molecular weight is 277 g/mol. The SMILES string of the molecule is C=CC[C@H](NC(=O)COCc1ccccc1)C(=O)OC. The predicted molar refractivity (Wildman–Crippen MR) is 74.9 cm³/mol. The number of ether oxygens (including phenoxy) is 2. The maximum atomic E-state index is 11.7. The van der Waals surface area contributed by atoms with Crippen LogP contribution < -0.4 is 5.32 Å². The predicted octanol–water partition coefficient (Wildman–Crippen LogP) is 1.44. The number of carbonyl (C=O) groups is 2. The summed E-state index contributed by atoms with van der Waals surface area (Å²) < 4.78 is 9.88. The molecule has 0 aliphatic rings. The van der Waals surface area contributed by atoms with E-state index in [9.17, 15) is 9.59 Å². The van der Waals surface area contributed by atoms with Crippen LogP contribution >= 0.6 is 0 Å². The van der Waals surface area contributed by atoms with E-state index in [0.717, 1.165) is 5.56 Å². The van der Waals surface area contributed by atoms with Crippen LogP contribution in [-0.2, 0) is 25.7 Å². The van der Waals surface area contributed by atoms with Crippen LogP contribution in [0.25, 0.3) is 0 Å². The minimum Gasteiger partial charge on any atom is -0.467 e. The molecule has 5 nitrogen and oxygen atoms in total. The Bertz CT molecular complexity index is 444. The molecule has 0 bridgehead atoms. The lowest BCUT2D eigenvalue weighted by Crippen LogP contribution is -2.42. The van der Waals surface area contributed by atoms with E-state index in [1.165, 1.54) is 7.11 Å². The number of hydrogen-bond acceptors (Lipinski definition) is 4. The van der Waals surface area contributed by atoms with Gasteiger partial charge in [0, 0.05) is 0 Å². The summed E-state index contributed by atoms with van der Waals surface area (Å²) in [5, 5.41) is 2.55. The Hall–Kier alpha value is -2.14. The molecule has 0 unspecified atom stereocenters. The molecule has 0 aliphatic carbocycles. The molecule has 1 atom stereocenters. The standard InChI is InChI=1S/C15H19NO4/c1-3-7-13(15(18)19-2)16-14(17)11-20-10-12-8-5-4-6-9-12/h3-6,8-9,13H,1,7,10-11H2,2H3,(H,16,17)/t13-/m0/s1. The Morgan fingerprint density at radius 3 is 2.65 bits per heavy atom. The molecule has 0 aliphatic heterocycles. The molecule has 0 heterocycles. The summed E-state index contributed by atoms with van der Waals surface area (Å²) in [5.74, 6) is -0.862. The molecule has 1 aromatic rings.